The molecule has 0 unspecified atom stereocenters. The second kappa shape index (κ2) is 15.0. The van der Waals surface area contributed by atoms with Crippen LogP contribution in [0.5, 0.6) is 0 Å². The van der Waals surface area contributed by atoms with Crippen LogP contribution in [0.3, 0.4) is 0 Å². The Morgan fingerprint density at radius 1 is 0.622 bits per heavy atom. The predicted molar refractivity (Wildman–Crippen MR) is 164 cm³/mol. The molecule has 0 amide bonds. The molecule has 12 heteroatoms. The Balaban J connectivity index is 2.41. The molecule has 0 bridgehead atoms. The molecule has 4 nitrogen and oxygen atoms in total. The Kier molecular flexibility index (Phi) is 11.8. The van der Waals surface area contributed by atoms with E-state index in [0.29, 0.717) is 25.7 Å². The maximum atomic E-state index is 15.8. The van der Waals surface area contributed by atoms with E-state index in [0.717, 1.165) is 72.6 Å². The highest BCUT2D eigenvalue weighted by atomic mass is 32.1. The van der Waals surface area contributed by atoms with Crippen molar-refractivity contribution in [1.29, 1.82) is 21.0 Å². The van der Waals surface area contributed by atoms with Crippen LogP contribution in [0.2, 0.25) is 0 Å². The molecule has 0 radical (unpaired) electrons. The van der Waals surface area contributed by atoms with E-state index in [1.165, 1.54) is 0 Å². The van der Waals surface area contributed by atoms with Gasteiger partial charge in [0.2, 0.25) is 0 Å². The van der Waals surface area contributed by atoms with Gasteiger partial charge in [-0.3, -0.25) is 0 Å². The zero-order valence-corrected chi connectivity index (χ0v) is 26.4. The van der Waals surface area contributed by atoms with Gasteiger partial charge in [0.1, 0.15) is 35.4 Å². The minimum Gasteiger partial charge on any atom is -0.194 e. The quantitative estimate of drug-likeness (QED) is 0.114. The van der Waals surface area contributed by atoms with E-state index in [1.807, 2.05) is 13.8 Å². The van der Waals surface area contributed by atoms with Gasteiger partial charge in [0, 0.05) is 30.7 Å². The van der Waals surface area contributed by atoms with E-state index in [-0.39, 0.29) is 43.5 Å². The fourth-order valence-electron chi connectivity index (χ4n) is 5.16. The average molecular weight is 661 g/mol. The number of alkyl halides is 6. The third-order valence-electron chi connectivity index (χ3n) is 7.43. The normalized spacial score (nSPS) is 15.9. The topological polar surface area (TPSA) is 95.2 Å². The molecule has 1 aliphatic rings. The van der Waals surface area contributed by atoms with Gasteiger partial charge < -0.3 is 0 Å². The number of unbranched alkanes of at least 4 members (excludes halogenated alkanes) is 6. The highest BCUT2D eigenvalue weighted by Crippen LogP contribution is 2.66. The molecule has 2 aromatic rings. The van der Waals surface area contributed by atoms with Crippen LogP contribution >= 0.6 is 22.7 Å². The lowest BCUT2D eigenvalue weighted by molar-refractivity contribution is -0.254. The van der Waals surface area contributed by atoms with Crippen molar-refractivity contribution in [3.05, 3.63) is 53.9 Å². The summed E-state index contributed by atoms with van der Waals surface area (Å²) in [7, 11) is 0. The molecule has 236 valence electrons. The molecule has 0 aliphatic heterocycles. The molecule has 0 fully saturated rings. The highest BCUT2D eigenvalue weighted by molar-refractivity contribution is 7.13. The van der Waals surface area contributed by atoms with Gasteiger partial charge in [-0.15, -0.1) is 22.7 Å². The van der Waals surface area contributed by atoms with Gasteiger partial charge in [-0.05, 0) is 61.1 Å². The van der Waals surface area contributed by atoms with Gasteiger partial charge >= 0.3 is 17.8 Å². The predicted octanol–water partition coefficient (Wildman–Crippen LogP) is 10.7. The first-order valence-electron chi connectivity index (χ1n) is 14.5. The third-order valence-corrected chi connectivity index (χ3v) is 9.71. The van der Waals surface area contributed by atoms with Crippen molar-refractivity contribution in [3.8, 4) is 24.3 Å². The number of hydrogen-bond acceptors (Lipinski definition) is 6. The van der Waals surface area contributed by atoms with Crippen LogP contribution in [0, 0.1) is 45.3 Å². The highest BCUT2D eigenvalue weighted by Gasteiger charge is 2.80. The molecule has 0 saturated heterocycles. The summed E-state index contributed by atoms with van der Waals surface area (Å²) in [4.78, 5) is 0.584. The van der Waals surface area contributed by atoms with Gasteiger partial charge in [-0.1, -0.05) is 52.4 Å². The number of thiophene rings is 2. The van der Waals surface area contributed by atoms with Gasteiger partial charge in [0.05, 0.1) is 0 Å². The van der Waals surface area contributed by atoms with Gasteiger partial charge in [0.15, 0.2) is 0 Å². The summed E-state index contributed by atoms with van der Waals surface area (Å²) in [5, 5.41) is 36.9. The van der Waals surface area contributed by atoms with Crippen LogP contribution in [0.15, 0.2) is 23.3 Å². The number of nitrogens with zero attached hydrogens (tertiary/aromatic N) is 4. The van der Waals surface area contributed by atoms with E-state index >= 15 is 26.3 Å². The summed E-state index contributed by atoms with van der Waals surface area (Å²) >= 11 is 1.78. The number of halogens is 6. The van der Waals surface area contributed by atoms with Crippen molar-refractivity contribution < 1.29 is 26.3 Å². The smallest absolute Gasteiger partial charge is 0.194 e. The third kappa shape index (κ3) is 7.19. The Labute approximate surface area is 266 Å². The van der Waals surface area contributed by atoms with Crippen LogP contribution in [-0.2, 0) is 12.8 Å². The van der Waals surface area contributed by atoms with E-state index < -0.39 is 40.0 Å². The number of aryl methyl sites for hydroxylation is 2. The van der Waals surface area contributed by atoms with Crippen LogP contribution in [0.25, 0.3) is 23.3 Å². The van der Waals surface area contributed by atoms with Crippen molar-refractivity contribution in [3.63, 3.8) is 0 Å². The number of allylic oxidation sites excluding steroid dienone is 4. The first kappa shape index (κ1) is 35.6. The second-order valence-electron chi connectivity index (χ2n) is 10.6. The van der Waals surface area contributed by atoms with Crippen LogP contribution in [0.1, 0.15) is 95.8 Å². The fourth-order valence-corrected chi connectivity index (χ4v) is 7.47. The molecule has 2 heterocycles. The molecule has 45 heavy (non-hydrogen) atoms. The molecule has 0 spiro atoms. The van der Waals surface area contributed by atoms with Gasteiger partial charge in [-0.2, -0.15) is 47.4 Å². The van der Waals surface area contributed by atoms with Crippen LogP contribution < -0.4 is 0 Å². The lowest BCUT2D eigenvalue weighted by atomic mass is 9.92. The lowest BCUT2D eigenvalue weighted by Gasteiger charge is -2.26. The summed E-state index contributed by atoms with van der Waals surface area (Å²) in [5.41, 5.74) is -4.64. The lowest BCUT2D eigenvalue weighted by Crippen LogP contribution is -2.49. The van der Waals surface area contributed by atoms with Crippen LogP contribution in [-0.4, -0.2) is 17.8 Å². The average Bonchev–Trinajstić information content (AvgIpc) is 3.62. The van der Waals surface area contributed by atoms with E-state index in [9.17, 15) is 21.0 Å². The van der Waals surface area contributed by atoms with Crippen molar-refractivity contribution in [1.82, 2.24) is 0 Å². The molecule has 0 saturated carbocycles. The number of rotatable bonds is 14. The summed E-state index contributed by atoms with van der Waals surface area (Å²) in [5.74, 6) is -16.3. The van der Waals surface area contributed by atoms with E-state index in [2.05, 4.69) is 0 Å². The van der Waals surface area contributed by atoms with Crippen molar-refractivity contribution in [2.75, 3.05) is 0 Å². The Morgan fingerprint density at radius 3 is 1.29 bits per heavy atom. The first-order valence-corrected chi connectivity index (χ1v) is 16.2. The molecule has 0 aromatic carbocycles. The largest absolute Gasteiger partial charge is 0.380 e. The summed E-state index contributed by atoms with van der Waals surface area (Å²) in [6.07, 6.45) is 8.22. The number of hydrogen-bond donors (Lipinski definition) is 0. The molecular weight excluding hydrogens is 631 g/mol. The van der Waals surface area contributed by atoms with Crippen molar-refractivity contribution >= 4 is 46.0 Å². The molecule has 1 aliphatic carbocycles. The molecule has 0 atom stereocenters. The van der Waals surface area contributed by atoms with Gasteiger partial charge in [0.25, 0.3) is 0 Å². The minimum absolute atomic E-state index is 0.121. The Hall–Kier alpha value is -3.84. The molecular formula is C33H30F6N4S2. The summed E-state index contributed by atoms with van der Waals surface area (Å²) in [6.45, 7) is 3.93. The maximum Gasteiger partial charge on any atom is 0.380 e. The second-order valence-corrected chi connectivity index (χ2v) is 13.0. The zero-order chi connectivity index (χ0) is 33.4. The minimum atomic E-state index is -5.77. The number of nitriles is 4. The van der Waals surface area contributed by atoms with Crippen molar-refractivity contribution in [2.24, 2.45) is 0 Å². The Morgan fingerprint density at radius 2 is 0.978 bits per heavy atom. The fraction of sp³-hybridized carbons (Fsp3) is 0.455. The molecule has 0 N–H and O–H groups in total. The SMILES string of the molecule is CCCCCCc1sc(C=C(C#N)C#N)cc1C1=C(c2cc(C=C(C#N)C#N)sc2CCCCCC)C(F)(F)C(F)(F)C1(F)F. The summed E-state index contributed by atoms with van der Waals surface area (Å²) in [6, 6.07) is 8.78. The summed E-state index contributed by atoms with van der Waals surface area (Å²) < 4.78 is 93.9. The van der Waals surface area contributed by atoms with Gasteiger partial charge in [-0.25, -0.2) is 0 Å². The monoisotopic (exact) mass is 660 g/mol. The maximum absolute atomic E-state index is 15.8. The van der Waals surface area contributed by atoms with Crippen LogP contribution in [0.4, 0.5) is 26.3 Å². The molecule has 3 rings (SSSR count). The van der Waals surface area contributed by atoms with Crippen molar-refractivity contribution in [2.45, 2.75) is 95.8 Å². The first-order chi connectivity index (χ1) is 21.3. The molecule has 2 aromatic heterocycles. The van der Waals surface area contributed by atoms with E-state index in [4.69, 9.17) is 0 Å². The zero-order valence-electron chi connectivity index (χ0n) is 24.8. The van der Waals surface area contributed by atoms with E-state index in [1.54, 1.807) is 24.3 Å². The standard InChI is InChI=1S/C33H30F6N4S2/c1-3-5-7-9-11-27-25(15-23(44-27)13-21(17-40)18-41)29-30(32(36,37)33(38,39)31(29,34)35)26-16-24(14-22(19-42)20-43)45-28(26)12-10-8-6-4-2/h13-16H,3-12H2,1-2H3. The Bertz CT molecular complexity index is 1510.